The highest BCUT2D eigenvalue weighted by atomic mass is 32.2. The second kappa shape index (κ2) is 9.17. The third kappa shape index (κ3) is 6.54. The Morgan fingerprint density at radius 1 is 1.04 bits per heavy atom. The standard InChI is InChI=1S/C18H18F2N2O2S/c19-14-5-1-3-12(7-14)8-16(13-4-2-6-15(20)9-13)22-18(24)11-25-10-17(21)23/h1-7,9,16H,8,10-11H2,(H2,21,23)(H,22,24)/t16-/m0/s1. The van der Waals surface area contributed by atoms with Gasteiger partial charge in [0.15, 0.2) is 0 Å². The molecule has 0 unspecified atom stereocenters. The first kappa shape index (κ1) is 18.9. The predicted octanol–water partition coefficient (Wildman–Crippen LogP) is 2.58. The average molecular weight is 364 g/mol. The first-order chi connectivity index (χ1) is 11.9. The molecule has 4 nitrogen and oxygen atoms in total. The fourth-order valence-electron chi connectivity index (χ4n) is 2.36. The molecule has 0 spiro atoms. The van der Waals surface area contributed by atoms with Crippen LogP contribution in [-0.2, 0) is 16.0 Å². The molecule has 0 fully saturated rings. The normalized spacial score (nSPS) is 11.8. The molecule has 1 atom stereocenters. The lowest BCUT2D eigenvalue weighted by Crippen LogP contribution is -2.32. The van der Waals surface area contributed by atoms with E-state index in [1.165, 1.54) is 24.3 Å². The number of benzene rings is 2. The second-order valence-corrected chi connectivity index (χ2v) is 6.45. The molecule has 0 aliphatic carbocycles. The Hall–Kier alpha value is -2.41. The molecule has 2 amide bonds. The fourth-order valence-corrected chi connectivity index (χ4v) is 2.93. The van der Waals surface area contributed by atoms with Gasteiger partial charge >= 0.3 is 0 Å². The van der Waals surface area contributed by atoms with Gasteiger partial charge in [-0.25, -0.2) is 8.78 Å². The number of nitrogens with two attached hydrogens (primary N) is 1. The van der Waals surface area contributed by atoms with Crippen molar-refractivity contribution in [3.63, 3.8) is 0 Å². The summed E-state index contributed by atoms with van der Waals surface area (Å²) in [4.78, 5) is 22.8. The van der Waals surface area contributed by atoms with Crippen LogP contribution in [0.15, 0.2) is 48.5 Å². The third-order valence-electron chi connectivity index (χ3n) is 3.39. The van der Waals surface area contributed by atoms with Crippen molar-refractivity contribution in [2.45, 2.75) is 12.5 Å². The number of carbonyl (C=O) groups is 2. The lowest BCUT2D eigenvalue weighted by atomic mass is 9.98. The lowest BCUT2D eigenvalue weighted by Gasteiger charge is -2.19. The van der Waals surface area contributed by atoms with Gasteiger partial charge in [0.05, 0.1) is 17.5 Å². The number of carbonyl (C=O) groups excluding carboxylic acids is 2. The molecule has 132 valence electrons. The third-order valence-corrected chi connectivity index (χ3v) is 4.35. The number of hydrogen-bond acceptors (Lipinski definition) is 3. The minimum absolute atomic E-state index is 0.0436. The maximum absolute atomic E-state index is 13.5. The van der Waals surface area contributed by atoms with Crippen molar-refractivity contribution in [3.8, 4) is 0 Å². The monoisotopic (exact) mass is 364 g/mol. The van der Waals surface area contributed by atoms with E-state index in [4.69, 9.17) is 5.73 Å². The van der Waals surface area contributed by atoms with Gasteiger partial charge in [0, 0.05) is 0 Å². The minimum Gasteiger partial charge on any atom is -0.369 e. The quantitative estimate of drug-likeness (QED) is 0.756. The van der Waals surface area contributed by atoms with Crippen molar-refractivity contribution in [2.75, 3.05) is 11.5 Å². The molecule has 0 aromatic heterocycles. The van der Waals surface area contributed by atoms with Crippen LogP contribution in [0.4, 0.5) is 8.78 Å². The number of hydrogen-bond donors (Lipinski definition) is 2. The molecule has 3 N–H and O–H groups in total. The van der Waals surface area contributed by atoms with Crippen molar-refractivity contribution < 1.29 is 18.4 Å². The number of thioether (sulfide) groups is 1. The summed E-state index contributed by atoms with van der Waals surface area (Å²) >= 11 is 1.10. The van der Waals surface area contributed by atoms with Crippen LogP contribution in [0, 0.1) is 11.6 Å². The van der Waals surface area contributed by atoms with Crippen LogP contribution in [0.3, 0.4) is 0 Å². The van der Waals surface area contributed by atoms with Crippen LogP contribution in [0.2, 0.25) is 0 Å². The zero-order chi connectivity index (χ0) is 18.2. The molecule has 0 saturated heterocycles. The zero-order valence-electron chi connectivity index (χ0n) is 13.4. The van der Waals surface area contributed by atoms with E-state index in [-0.39, 0.29) is 23.2 Å². The van der Waals surface area contributed by atoms with Gasteiger partial charge in [-0.05, 0) is 41.8 Å². The first-order valence-corrected chi connectivity index (χ1v) is 8.75. The smallest absolute Gasteiger partial charge is 0.230 e. The van der Waals surface area contributed by atoms with Gasteiger partial charge in [0.25, 0.3) is 0 Å². The topological polar surface area (TPSA) is 72.2 Å². The molecule has 0 aliphatic rings. The van der Waals surface area contributed by atoms with Crippen LogP contribution in [0.1, 0.15) is 17.2 Å². The van der Waals surface area contributed by atoms with E-state index in [1.54, 1.807) is 24.3 Å². The van der Waals surface area contributed by atoms with Gasteiger partial charge in [-0.2, -0.15) is 0 Å². The number of amides is 2. The van der Waals surface area contributed by atoms with Gasteiger partial charge in [-0.1, -0.05) is 24.3 Å². The molecule has 0 heterocycles. The van der Waals surface area contributed by atoms with E-state index in [1.807, 2.05) is 0 Å². The summed E-state index contributed by atoms with van der Waals surface area (Å²) < 4.78 is 26.9. The van der Waals surface area contributed by atoms with Crippen LogP contribution >= 0.6 is 11.8 Å². The highest BCUT2D eigenvalue weighted by Gasteiger charge is 2.16. The van der Waals surface area contributed by atoms with Crippen LogP contribution in [0.25, 0.3) is 0 Å². The highest BCUT2D eigenvalue weighted by Crippen LogP contribution is 2.20. The largest absolute Gasteiger partial charge is 0.369 e. The summed E-state index contributed by atoms with van der Waals surface area (Å²) in [6.45, 7) is 0. The molecule has 2 rings (SSSR count). The van der Waals surface area contributed by atoms with Crippen LogP contribution < -0.4 is 11.1 Å². The van der Waals surface area contributed by atoms with Crippen LogP contribution in [-0.4, -0.2) is 23.3 Å². The van der Waals surface area contributed by atoms with Gasteiger partial charge in [0.1, 0.15) is 11.6 Å². The molecular formula is C18H18F2N2O2S. The fraction of sp³-hybridized carbons (Fsp3) is 0.222. The molecule has 0 bridgehead atoms. The van der Waals surface area contributed by atoms with Crippen molar-refractivity contribution in [2.24, 2.45) is 5.73 Å². The van der Waals surface area contributed by atoms with Gasteiger partial charge in [-0.3, -0.25) is 9.59 Å². The minimum atomic E-state index is -0.515. The second-order valence-electron chi connectivity index (χ2n) is 5.47. The number of halogens is 2. The van der Waals surface area contributed by atoms with E-state index in [0.717, 1.165) is 11.8 Å². The number of nitrogens with one attached hydrogen (secondary N) is 1. The predicted molar refractivity (Wildman–Crippen MR) is 93.9 cm³/mol. The highest BCUT2D eigenvalue weighted by molar-refractivity contribution is 8.00. The van der Waals surface area contributed by atoms with Crippen molar-refractivity contribution in [1.82, 2.24) is 5.32 Å². The van der Waals surface area contributed by atoms with E-state index in [9.17, 15) is 18.4 Å². The summed E-state index contributed by atoms with van der Waals surface area (Å²) in [5, 5.41) is 2.80. The van der Waals surface area contributed by atoms with Crippen molar-refractivity contribution in [3.05, 3.63) is 71.3 Å². The van der Waals surface area contributed by atoms with E-state index >= 15 is 0 Å². The van der Waals surface area contributed by atoms with Crippen molar-refractivity contribution >= 4 is 23.6 Å². The molecule has 2 aromatic carbocycles. The number of primary amides is 1. The maximum atomic E-state index is 13.5. The van der Waals surface area contributed by atoms with Gasteiger partial charge in [-0.15, -0.1) is 11.8 Å². The maximum Gasteiger partial charge on any atom is 0.230 e. The number of rotatable bonds is 8. The summed E-state index contributed by atoms with van der Waals surface area (Å²) in [7, 11) is 0. The lowest BCUT2D eigenvalue weighted by molar-refractivity contribution is -0.119. The van der Waals surface area contributed by atoms with E-state index in [0.29, 0.717) is 17.5 Å². The van der Waals surface area contributed by atoms with E-state index < -0.39 is 17.8 Å². The summed E-state index contributed by atoms with van der Waals surface area (Å²) in [5.74, 6) is -1.51. The average Bonchev–Trinajstić information content (AvgIpc) is 2.54. The Balaban J connectivity index is 2.11. The van der Waals surface area contributed by atoms with E-state index in [2.05, 4.69) is 5.32 Å². The molecule has 25 heavy (non-hydrogen) atoms. The zero-order valence-corrected chi connectivity index (χ0v) is 14.2. The molecule has 7 heteroatoms. The van der Waals surface area contributed by atoms with Gasteiger partial charge in [0.2, 0.25) is 11.8 Å². The SMILES string of the molecule is NC(=O)CSCC(=O)N[C@@H](Cc1cccc(F)c1)c1cccc(F)c1. The summed E-state index contributed by atoms with van der Waals surface area (Å²) in [5.41, 5.74) is 6.30. The Labute approximate surface area is 148 Å². The summed E-state index contributed by atoms with van der Waals surface area (Å²) in [6.07, 6.45) is 0.313. The molecule has 0 aliphatic heterocycles. The first-order valence-electron chi connectivity index (χ1n) is 7.59. The summed E-state index contributed by atoms with van der Waals surface area (Å²) in [6, 6.07) is 11.4. The molecule has 0 saturated carbocycles. The Morgan fingerprint density at radius 3 is 2.36 bits per heavy atom. The molecule has 0 radical (unpaired) electrons. The molecule has 2 aromatic rings. The Kier molecular flexibility index (Phi) is 6.94. The van der Waals surface area contributed by atoms with Gasteiger partial charge < -0.3 is 11.1 Å². The Bertz CT molecular complexity index is 755. The van der Waals surface area contributed by atoms with Crippen LogP contribution in [0.5, 0.6) is 0 Å². The molecular weight excluding hydrogens is 346 g/mol. The van der Waals surface area contributed by atoms with Crippen molar-refractivity contribution in [1.29, 1.82) is 0 Å². The Morgan fingerprint density at radius 2 is 1.72 bits per heavy atom.